The Hall–Kier alpha value is -4.19. The van der Waals surface area contributed by atoms with Gasteiger partial charge in [-0.2, -0.15) is 0 Å². The van der Waals surface area contributed by atoms with E-state index in [1.165, 1.54) is 11.9 Å². The van der Waals surface area contributed by atoms with Crippen molar-refractivity contribution in [3.63, 3.8) is 0 Å². The number of alkyl carbamates (subject to hydrolysis) is 2. The van der Waals surface area contributed by atoms with Crippen molar-refractivity contribution >= 4 is 18.3 Å². The van der Waals surface area contributed by atoms with Gasteiger partial charge in [0.15, 0.2) is 25.0 Å². The quantitative estimate of drug-likeness (QED) is 0.132. The number of rotatable bonds is 13. The highest BCUT2D eigenvalue weighted by atomic mass is 16.8. The minimum absolute atomic E-state index is 0.0402. The van der Waals surface area contributed by atoms with Gasteiger partial charge in [0.25, 0.3) is 0 Å². The van der Waals surface area contributed by atoms with Crippen LogP contribution in [0.25, 0.3) is 0 Å². The minimum Gasteiger partial charge on any atom is -0.445 e. The smallest absolute Gasteiger partial charge is 0.410 e. The van der Waals surface area contributed by atoms with Gasteiger partial charge >= 0.3 is 18.3 Å². The molecule has 2 aromatic carbocycles. The first-order valence-electron chi connectivity index (χ1n) is 23.0. The molecule has 20 nitrogen and oxygen atoms in total. The zero-order valence-electron chi connectivity index (χ0n) is 37.3. The number of benzene rings is 2. The molecule has 20 heteroatoms. The van der Waals surface area contributed by atoms with Crippen molar-refractivity contribution in [3.8, 4) is 0 Å². The lowest BCUT2D eigenvalue weighted by molar-refractivity contribution is -0.376. The van der Waals surface area contributed by atoms with Crippen molar-refractivity contribution in [3.05, 3.63) is 71.8 Å². The third kappa shape index (κ3) is 10.9. The number of aliphatic hydroxyl groups excluding tert-OH is 5. The van der Waals surface area contributed by atoms with E-state index in [4.69, 9.17) is 37.9 Å². The van der Waals surface area contributed by atoms with Gasteiger partial charge in [-0.05, 0) is 55.6 Å². The summed E-state index contributed by atoms with van der Waals surface area (Å²) in [7, 11) is 1.50. The Morgan fingerprint density at radius 2 is 1.33 bits per heavy atom. The van der Waals surface area contributed by atoms with Gasteiger partial charge in [-0.3, -0.25) is 4.90 Å². The van der Waals surface area contributed by atoms with Crippen LogP contribution in [-0.2, 0) is 51.1 Å². The zero-order chi connectivity index (χ0) is 46.6. The van der Waals surface area contributed by atoms with Crippen molar-refractivity contribution in [1.29, 1.82) is 0 Å². The molecular weight excluding hydrogens is 865 g/mol. The number of aliphatic hydroxyl groups is 5. The number of ether oxygens (including phenoxy) is 8. The third-order valence-electron chi connectivity index (χ3n) is 13.9. The van der Waals surface area contributed by atoms with Gasteiger partial charge in [0.05, 0.1) is 30.8 Å². The number of nitrogens with one attached hydrogen (secondary N) is 3. The molecule has 364 valence electrons. The number of hydrogen-bond acceptors (Lipinski definition) is 17. The monoisotopic (exact) mass is 928 g/mol. The third-order valence-corrected chi connectivity index (χ3v) is 13.9. The maximum atomic E-state index is 13.3. The molecule has 8 rings (SSSR count). The van der Waals surface area contributed by atoms with Crippen molar-refractivity contribution in [1.82, 2.24) is 20.9 Å². The molecule has 8 N–H and O–H groups in total. The molecular formula is C46H64N4O16. The predicted molar refractivity (Wildman–Crippen MR) is 229 cm³/mol. The lowest BCUT2D eigenvalue weighted by Crippen LogP contribution is -2.69. The molecule has 0 spiro atoms. The van der Waals surface area contributed by atoms with E-state index >= 15 is 0 Å². The predicted octanol–water partition coefficient (Wildman–Crippen LogP) is 1.37. The lowest BCUT2D eigenvalue weighted by Gasteiger charge is -2.51. The first kappa shape index (κ1) is 48.3. The van der Waals surface area contributed by atoms with Crippen LogP contribution in [0, 0.1) is 11.8 Å². The molecule has 6 fully saturated rings. The molecule has 4 heterocycles. The Kier molecular flexibility index (Phi) is 15.7. The van der Waals surface area contributed by atoms with Gasteiger partial charge in [-0.1, -0.05) is 74.5 Å². The number of hydrogen-bond donors (Lipinski definition) is 8. The van der Waals surface area contributed by atoms with Crippen LogP contribution in [0.4, 0.5) is 14.4 Å². The number of carbonyl (C=O) groups is 3. The number of carbonyl (C=O) groups excluding carboxylic acids is 3. The highest BCUT2D eigenvalue weighted by Gasteiger charge is 2.61. The van der Waals surface area contributed by atoms with Crippen LogP contribution in [-0.4, -0.2) is 166 Å². The molecule has 66 heavy (non-hydrogen) atoms. The van der Waals surface area contributed by atoms with Crippen molar-refractivity contribution in [2.75, 3.05) is 13.7 Å². The van der Waals surface area contributed by atoms with Gasteiger partial charge in [0.1, 0.15) is 62.0 Å². The molecule has 4 saturated heterocycles. The fourth-order valence-corrected chi connectivity index (χ4v) is 10.1. The number of nitrogens with zero attached hydrogens (tertiary/aromatic N) is 1. The summed E-state index contributed by atoms with van der Waals surface area (Å²) in [6, 6.07) is 14.3. The zero-order valence-corrected chi connectivity index (χ0v) is 37.3. The van der Waals surface area contributed by atoms with E-state index in [2.05, 4.69) is 22.9 Å². The summed E-state index contributed by atoms with van der Waals surface area (Å²) in [6.45, 7) is 3.46. The van der Waals surface area contributed by atoms with E-state index in [9.17, 15) is 39.9 Å². The molecule has 3 amide bonds. The maximum absolute atomic E-state index is 13.3. The summed E-state index contributed by atoms with van der Waals surface area (Å²) >= 11 is 0. The number of amides is 3. The Morgan fingerprint density at radius 1 is 0.712 bits per heavy atom. The normalized spacial score (nSPS) is 40.0. The molecule has 0 radical (unpaired) electrons. The number of likely N-dealkylation sites (N-methyl/N-ethyl adjacent to an activating group) is 1. The molecule has 17 atom stereocenters. The van der Waals surface area contributed by atoms with E-state index in [1.807, 2.05) is 19.1 Å². The summed E-state index contributed by atoms with van der Waals surface area (Å²) < 4.78 is 48.5. The topological polar surface area (TPSA) is 266 Å². The van der Waals surface area contributed by atoms with Gasteiger partial charge in [-0.25, -0.2) is 14.4 Å². The van der Waals surface area contributed by atoms with Crippen LogP contribution in [0.3, 0.4) is 0 Å². The largest absolute Gasteiger partial charge is 0.445 e. The van der Waals surface area contributed by atoms with E-state index in [0.717, 1.165) is 36.8 Å². The van der Waals surface area contributed by atoms with Gasteiger partial charge in [-0.15, -0.1) is 0 Å². The van der Waals surface area contributed by atoms with Crippen LogP contribution in [0.1, 0.15) is 63.5 Å². The molecule has 0 bridgehead atoms. The molecule has 6 aliphatic rings. The average molecular weight is 929 g/mol. The van der Waals surface area contributed by atoms with Crippen molar-refractivity contribution in [2.45, 2.75) is 170 Å². The molecule has 0 aromatic heterocycles. The second-order valence-electron chi connectivity index (χ2n) is 18.6. The summed E-state index contributed by atoms with van der Waals surface area (Å²) in [4.78, 5) is 40.7. The Morgan fingerprint density at radius 3 is 1.95 bits per heavy atom. The molecule has 2 aromatic rings. The fraction of sp³-hybridized carbons (Fsp3) is 0.674. The molecule has 4 aliphatic heterocycles. The van der Waals surface area contributed by atoms with E-state index in [0.29, 0.717) is 5.92 Å². The highest BCUT2D eigenvalue weighted by Crippen LogP contribution is 2.42. The van der Waals surface area contributed by atoms with Crippen LogP contribution in [0.2, 0.25) is 0 Å². The highest BCUT2D eigenvalue weighted by molar-refractivity contribution is 5.71. The lowest BCUT2D eigenvalue weighted by atomic mass is 9.83. The van der Waals surface area contributed by atoms with Crippen LogP contribution in [0.5, 0.6) is 0 Å². The molecule has 2 aliphatic carbocycles. The maximum Gasteiger partial charge on any atom is 0.410 e. The van der Waals surface area contributed by atoms with Crippen molar-refractivity contribution < 1.29 is 77.8 Å². The summed E-state index contributed by atoms with van der Waals surface area (Å²) in [5.41, 5.74) is 1.48. The summed E-state index contributed by atoms with van der Waals surface area (Å²) in [5.74, 6) is 0.134. The minimum atomic E-state index is -1.67. The van der Waals surface area contributed by atoms with E-state index in [1.54, 1.807) is 48.5 Å². The summed E-state index contributed by atoms with van der Waals surface area (Å²) in [5, 5.41) is 64.9. The fourth-order valence-electron chi connectivity index (χ4n) is 10.1. The van der Waals surface area contributed by atoms with Crippen molar-refractivity contribution in [2.24, 2.45) is 11.8 Å². The Labute approximate surface area is 383 Å². The first-order valence-corrected chi connectivity index (χ1v) is 23.0. The van der Waals surface area contributed by atoms with E-state index < -0.39 is 129 Å². The Balaban J connectivity index is 0.941. The van der Waals surface area contributed by atoms with Gasteiger partial charge in [0, 0.05) is 19.0 Å². The van der Waals surface area contributed by atoms with E-state index in [-0.39, 0.29) is 32.1 Å². The summed E-state index contributed by atoms with van der Waals surface area (Å²) in [6.07, 6.45) is -13.2. The second kappa shape index (κ2) is 21.4. The van der Waals surface area contributed by atoms with Gasteiger partial charge < -0.3 is 79.4 Å². The van der Waals surface area contributed by atoms with Crippen LogP contribution in [0.15, 0.2) is 60.7 Å². The van der Waals surface area contributed by atoms with Crippen LogP contribution >= 0.6 is 0 Å². The first-order chi connectivity index (χ1) is 31.8. The molecule has 2 saturated carbocycles. The number of fused-ring (bicyclic) bond motifs is 3. The second-order valence-corrected chi connectivity index (χ2v) is 18.6. The van der Waals surface area contributed by atoms with Gasteiger partial charge in [0.2, 0.25) is 0 Å². The Bertz CT molecular complexity index is 1910. The van der Waals surface area contributed by atoms with Crippen LogP contribution < -0.4 is 16.0 Å². The standard InChI is InChI=1S/C46H64N4O16/c1-23-14-16-27(17-15-23)47-32-31(20-51)62-43(37(55)35(32)53)66-42-33-40(65-46(58)50(33)3)39-30(61-42)18-24(2)41(64-39)63-38-29(49-45(57)60-22-26-12-8-5-9-13-26)19-28(34(52)36(38)54)48-44(56)59-21-25-10-6-4-7-11-25/h4-13,23-24,27-43,47,51-55H,14-22H2,1-3H3,(H,48,56)(H,49,57)/t23-,24?,27+,28-,29?,30+,31?,32-,33?,34?,35+,36-,37?,38-,39?,40?,41+,42?,43-/m1/s1. The average Bonchev–Trinajstić information content (AvgIpc) is 3.62. The molecule has 9 unspecified atom stereocenters. The SMILES string of the molecule is CC1C[C@@H]2OC(O[C@H]3OC(CO)[C@@H](N[C@H]4CC[C@@H](C)CC4)[C@H](O)C3O)C3C(OC(=O)N3C)C2O[C@@H]1O[C@@H]1C(NC(=O)OCc2ccccc2)C[C@@H](NC(=O)OCc2ccccc2)C(O)[C@H]1O.